The Morgan fingerprint density at radius 3 is 2.54 bits per heavy atom. The van der Waals surface area contributed by atoms with Crippen molar-refractivity contribution < 1.29 is 35.1 Å². The Bertz CT molecular complexity index is 1960. The molecule has 0 aromatic heterocycles. The van der Waals surface area contributed by atoms with Crippen LogP contribution in [-0.2, 0) is 22.4 Å². The van der Waals surface area contributed by atoms with E-state index < -0.39 is 47.3 Å². The first kappa shape index (κ1) is 48.0. The van der Waals surface area contributed by atoms with Gasteiger partial charge in [-0.15, -0.1) is 0 Å². The fourth-order valence-corrected chi connectivity index (χ4v) is 10.4. The van der Waals surface area contributed by atoms with Gasteiger partial charge >= 0.3 is 0 Å². The molecule has 8 atom stereocenters. The minimum Gasteiger partial charge on any atom is -0.396 e. The van der Waals surface area contributed by atoms with Crippen molar-refractivity contribution in [1.82, 2.24) is 10.6 Å². The Morgan fingerprint density at radius 2 is 1.84 bits per heavy atom. The number of hydrogen-bond donors (Lipinski definition) is 8. The van der Waals surface area contributed by atoms with Gasteiger partial charge in [-0.2, -0.15) is 0 Å². The van der Waals surface area contributed by atoms with Crippen molar-refractivity contribution in [3.05, 3.63) is 130 Å². The van der Waals surface area contributed by atoms with Crippen molar-refractivity contribution in [3.63, 3.8) is 0 Å². The van der Waals surface area contributed by atoms with Crippen LogP contribution < -0.4 is 16.4 Å². The third kappa shape index (κ3) is 11.3. The van der Waals surface area contributed by atoms with E-state index in [-0.39, 0.29) is 37.9 Å². The number of nitrogens with one attached hydrogen (secondary N) is 2. The average Bonchev–Trinajstić information content (AvgIpc) is 3.57. The van der Waals surface area contributed by atoms with Crippen LogP contribution in [0.25, 0.3) is 0 Å². The van der Waals surface area contributed by atoms with Crippen molar-refractivity contribution in [1.29, 1.82) is 0 Å². The van der Waals surface area contributed by atoms with Crippen LogP contribution in [-0.4, -0.2) is 74.8 Å². The van der Waals surface area contributed by atoms with Crippen LogP contribution >= 0.6 is 0 Å². The summed E-state index contributed by atoms with van der Waals surface area (Å²) < 4.78 is 0. The summed E-state index contributed by atoms with van der Waals surface area (Å²) in [5.74, 6) is -1.29. The van der Waals surface area contributed by atoms with E-state index in [0.29, 0.717) is 66.4 Å². The van der Waals surface area contributed by atoms with Gasteiger partial charge in [-0.3, -0.25) is 14.9 Å². The fourth-order valence-electron chi connectivity index (χ4n) is 10.4. The smallest absolute Gasteiger partial charge is 0.243 e. The zero-order chi connectivity index (χ0) is 44.3. The number of carbonyl (C=O) groups excluding carboxylic acids is 2. The summed E-state index contributed by atoms with van der Waals surface area (Å²) in [6, 6.07) is 15.2. The highest BCUT2D eigenvalue weighted by molar-refractivity contribution is 5.98. The molecule has 0 radical (unpaired) electrons. The van der Waals surface area contributed by atoms with Crippen LogP contribution in [0.3, 0.4) is 0 Å². The Hall–Kier alpha value is -4.00. The maximum absolute atomic E-state index is 14.4. The Balaban J connectivity index is 1.33. The van der Waals surface area contributed by atoms with Gasteiger partial charge in [0, 0.05) is 30.9 Å². The van der Waals surface area contributed by atoms with Crippen LogP contribution in [0.1, 0.15) is 126 Å². The predicted octanol–water partition coefficient (Wildman–Crippen LogP) is 6.68. The maximum Gasteiger partial charge on any atom is 0.243 e. The normalized spacial score (nSPS) is 28.2. The van der Waals surface area contributed by atoms with E-state index in [1.807, 2.05) is 49.4 Å². The highest BCUT2D eigenvalue weighted by Crippen LogP contribution is 2.63. The van der Waals surface area contributed by atoms with E-state index in [9.17, 15) is 35.1 Å². The number of aryl methyl sites for hydroxylation is 1. The van der Waals surface area contributed by atoms with Crippen LogP contribution in [0.5, 0.6) is 0 Å². The van der Waals surface area contributed by atoms with Gasteiger partial charge in [0.2, 0.25) is 5.91 Å². The zero-order valence-corrected chi connectivity index (χ0v) is 36.8. The molecule has 1 heterocycles. The molecule has 10 heteroatoms. The van der Waals surface area contributed by atoms with Gasteiger partial charge in [0.1, 0.15) is 12.2 Å². The minimum absolute atomic E-state index is 0.00628. The lowest BCUT2D eigenvalue weighted by Crippen LogP contribution is -2.59. The quantitative estimate of drug-likeness (QED) is 0.0409. The standard InChI is InChI=1S/C51H71N3O7/c1-33(16-10-20-37-18-7-6-8-19-37)14-9-15-34(2)17-11-22-39(32-56)41-26-28-51(47(41)59)43(24-13-29-55)40(25-27-50(51,5)61)36(4)44(58)30-38-21-12-23-42-45(38)46(53-31-35(3)57)49(60)54-48(42)52/h6-8,11-12,14,17-19,21-23,35,41,43,46-48,53,55-57,59,61H,2,9-10,13,15-16,20,24-32,52H2,1,3-5H3,(H,54,60). The molecule has 2 aliphatic carbocycles. The summed E-state index contributed by atoms with van der Waals surface area (Å²) in [6.07, 6.45) is 13.2. The number of hydrogen-bond acceptors (Lipinski definition) is 9. The van der Waals surface area contributed by atoms with E-state index in [4.69, 9.17) is 5.73 Å². The van der Waals surface area contributed by atoms with Crippen molar-refractivity contribution in [3.8, 4) is 0 Å². The number of nitrogens with two attached hydrogens (primary N) is 1. The van der Waals surface area contributed by atoms with Gasteiger partial charge in [-0.1, -0.05) is 96.1 Å². The number of amides is 1. The summed E-state index contributed by atoms with van der Waals surface area (Å²) in [7, 11) is 0. The lowest BCUT2D eigenvalue weighted by molar-refractivity contribution is -0.167. The molecule has 2 saturated carbocycles. The second-order valence-corrected chi connectivity index (χ2v) is 18.0. The van der Waals surface area contributed by atoms with Crippen molar-refractivity contribution in [2.45, 2.75) is 135 Å². The molecule has 8 unspecified atom stereocenters. The van der Waals surface area contributed by atoms with Gasteiger partial charge in [-0.05, 0) is 138 Å². The van der Waals surface area contributed by atoms with E-state index in [2.05, 4.69) is 54.5 Å². The topological polar surface area (TPSA) is 185 Å². The first-order valence-corrected chi connectivity index (χ1v) is 22.3. The van der Waals surface area contributed by atoms with Gasteiger partial charge in [0.05, 0.1) is 24.4 Å². The lowest BCUT2D eigenvalue weighted by atomic mass is 9.52. The molecule has 9 N–H and O–H groups in total. The maximum atomic E-state index is 14.4. The Labute approximate surface area is 363 Å². The number of aliphatic hydroxyl groups is 5. The summed E-state index contributed by atoms with van der Waals surface area (Å²) in [4.78, 5) is 27.5. The van der Waals surface area contributed by atoms with Gasteiger partial charge in [0.15, 0.2) is 5.78 Å². The summed E-state index contributed by atoms with van der Waals surface area (Å²) >= 11 is 0. The molecule has 61 heavy (non-hydrogen) atoms. The SMILES string of the molecule is C=C(C=CC=C(CO)C1CCC2(C(CCCO)C(=C(C)C(=O)Cc3cccc4c3C(NCC(C)O)C(=O)NC4N)CCC2(C)O)C1O)CCC=C(C)CCCc1ccccc1. The highest BCUT2D eigenvalue weighted by atomic mass is 16.3. The molecule has 2 aromatic carbocycles. The monoisotopic (exact) mass is 838 g/mol. The molecule has 3 aliphatic rings. The minimum atomic E-state index is -1.28. The third-order valence-electron chi connectivity index (χ3n) is 13.8. The van der Waals surface area contributed by atoms with Crippen molar-refractivity contribution in [2.75, 3.05) is 19.8 Å². The van der Waals surface area contributed by atoms with Gasteiger partial charge < -0.3 is 36.6 Å². The highest BCUT2D eigenvalue weighted by Gasteiger charge is 2.64. The van der Waals surface area contributed by atoms with Crippen LogP contribution in [0.4, 0.5) is 0 Å². The summed E-state index contributed by atoms with van der Waals surface area (Å²) in [5, 5.41) is 61.3. The molecular formula is C51H71N3O7. The summed E-state index contributed by atoms with van der Waals surface area (Å²) in [5.41, 5.74) is 11.8. The largest absolute Gasteiger partial charge is 0.396 e. The molecule has 0 saturated heterocycles. The number of fused-ring (bicyclic) bond motifs is 1. The molecule has 2 fully saturated rings. The van der Waals surface area contributed by atoms with Crippen LogP contribution in [0, 0.1) is 17.3 Å². The molecule has 1 amide bonds. The van der Waals surface area contributed by atoms with Crippen molar-refractivity contribution in [2.24, 2.45) is 23.0 Å². The number of carbonyl (C=O) groups is 2. The predicted molar refractivity (Wildman–Crippen MR) is 242 cm³/mol. The van der Waals surface area contributed by atoms with Crippen molar-refractivity contribution >= 4 is 11.7 Å². The molecule has 0 bridgehead atoms. The zero-order valence-electron chi connectivity index (χ0n) is 36.8. The second kappa shape index (κ2) is 21.9. The number of ketones is 1. The number of Topliss-reactive ketones (excluding diaryl/α,β-unsaturated/α-hetero) is 1. The molecular weight excluding hydrogens is 767 g/mol. The number of benzene rings is 2. The molecule has 10 nitrogen and oxygen atoms in total. The molecule has 1 spiro atoms. The van der Waals surface area contributed by atoms with E-state index in [1.165, 1.54) is 11.1 Å². The van der Waals surface area contributed by atoms with Crippen LogP contribution in [0.15, 0.2) is 107 Å². The molecule has 5 rings (SSSR count). The van der Waals surface area contributed by atoms with Gasteiger partial charge in [0.25, 0.3) is 0 Å². The molecule has 2 aromatic rings. The third-order valence-corrected chi connectivity index (χ3v) is 13.8. The number of allylic oxidation sites excluding steroid dienone is 8. The first-order valence-electron chi connectivity index (χ1n) is 22.3. The van der Waals surface area contributed by atoms with Crippen LogP contribution in [0.2, 0.25) is 0 Å². The fraction of sp³-hybridized carbons (Fsp3) is 0.529. The number of rotatable bonds is 20. The Morgan fingerprint density at radius 1 is 1.08 bits per heavy atom. The second-order valence-electron chi connectivity index (χ2n) is 18.0. The van der Waals surface area contributed by atoms with Gasteiger partial charge in [-0.25, -0.2) is 0 Å². The molecule has 332 valence electrons. The van der Waals surface area contributed by atoms with E-state index in [1.54, 1.807) is 13.8 Å². The number of aliphatic hydroxyl groups excluding tert-OH is 4. The molecule has 1 aliphatic heterocycles. The average molecular weight is 838 g/mol. The lowest BCUT2D eigenvalue weighted by Gasteiger charge is -2.55. The Kier molecular flexibility index (Phi) is 17.2. The van der Waals surface area contributed by atoms with E-state index >= 15 is 0 Å². The van der Waals surface area contributed by atoms with E-state index in [0.717, 1.165) is 43.3 Å². The first-order chi connectivity index (χ1) is 29.1. The summed E-state index contributed by atoms with van der Waals surface area (Å²) in [6.45, 7) is 11.5.